The van der Waals surface area contributed by atoms with Gasteiger partial charge >= 0.3 is 0 Å². The van der Waals surface area contributed by atoms with E-state index in [4.69, 9.17) is 0 Å². The van der Waals surface area contributed by atoms with Crippen LogP contribution in [-0.2, 0) is 0 Å². The van der Waals surface area contributed by atoms with Gasteiger partial charge in [0.15, 0.2) is 29.1 Å². The maximum Gasteiger partial charge on any atom is 0.186 e. The molecule has 19 heavy (non-hydrogen) atoms. The Morgan fingerprint density at radius 3 is 2.42 bits per heavy atom. The van der Waals surface area contributed by atoms with Gasteiger partial charge in [0.1, 0.15) is 0 Å². The molecule has 0 saturated heterocycles. The number of aromatic nitrogens is 2. The number of halogens is 4. The number of aryl methyl sites for hydroxylation is 1. The van der Waals surface area contributed by atoms with E-state index < -0.39 is 17.5 Å². The molecule has 0 radical (unpaired) electrons. The molecule has 0 aliphatic carbocycles. The average Bonchev–Trinajstić information content (AvgIpc) is 2.39. The molecular formula is C12H9BrF3N3. The summed E-state index contributed by atoms with van der Waals surface area (Å²) in [5.41, 5.74) is 0.365. The summed E-state index contributed by atoms with van der Waals surface area (Å²) in [6.07, 6.45) is 0. The molecule has 1 N–H and O–H groups in total. The summed E-state index contributed by atoms with van der Waals surface area (Å²) in [5.74, 6) is -2.49. The molecule has 2 rings (SSSR count). The minimum Gasteiger partial charge on any atom is -0.371 e. The molecule has 0 atom stereocenters. The van der Waals surface area contributed by atoms with Crippen LogP contribution in [-0.4, -0.2) is 17.0 Å². The highest BCUT2D eigenvalue weighted by atomic mass is 79.9. The van der Waals surface area contributed by atoms with Crippen molar-refractivity contribution in [3.8, 4) is 11.4 Å². The topological polar surface area (TPSA) is 37.8 Å². The maximum atomic E-state index is 13.6. The minimum atomic E-state index is -1.03. The van der Waals surface area contributed by atoms with Gasteiger partial charge in [0.25, 0.3) is 0 Å². The van der Waals surface area contributed by atoms with Gasteiger partial charge in [-0.05, 0) is 35.0 Å². The van der Waals surface area contributed by atoms with Crippen molar-refractivity contribution in [1.82, 2.24) is 9.97 Å². The van der Waals surface area contributed by atoms with Crippen molar-refractivity contribution in [1.29, 1.82) is 0 Å². The first-order valence-electron chi connectivity index (χ1n) is 5.31. The fourth-order valence-corrected chi connectivity index (χ4v) is 2.04. The fraction of sp³-hybridized carbons (Fsp3) is 0.167. The molecule has 1 heterocycles. The van der Waals surface area contributed by atoms with Gasteiger partial charge in [-0.15, -0.1) is 0 Å². The van der Waals surface area contributed by atoms with E-state index in [9.17, 15) is 13.2 Å². The summed E-state index contributed by atoms with van der Waals surface area (Å²) < 4.78 is 40.0. The Labute approximate surface area is 116 Å². The number of nitrogens with one attached hydrogen (secondary N) is 1. The summed E-state index contributed by atoms with van der Waals surface area (Å²) >= 11 is 2.95. The molecule has 0 spiro atoms. The van der Waals surface area contributed by atoms with Crippen molar-refractivity contribution in [3.05, 3.63) is 39.8 Å². The van der Waals surface area contributed by atoms with Crippen molar-refractivity contribution in [2.75, 3.05) is 12.4 Å². The molecule has 7 heteroatoms. The molecule has 0 amide bonds. The Hall–Kier alpha value is -1.63. The number of hydrogen-bond acceptors (Lipinski definition) is 3. The van der Waals surface area contributed by atoms with Crippen LogP contribution in [0.4, 0.5) is 19.0 Å². The average molecular weight is 332 g/mol. The minimum absolute atomic E-state index is 0.000803. The Kier molecular flexibility index (Phi) is 3.75. The summed E-state index contributed by atoms with van der Waals surface area (Å²) in [6.45, 7) is 1.47. The smallest absolute Gasteiger partial charge is 0.186 e. The molecule has 0 aliphatic heterocycles. The van der Waals surface area contributed by atoms with E-state index in [1.165, 1.54) is 20.0 Å². The molecule has 0 bridgehead atoms. The quantitative estimate of drug-likeness (QED) is 0.853. The van der Waals surface area contributed by atoms with Gasteiger partial charge in [0.05, 0.1) is 10.2 Å². The van der Waals surface area contributed by atoms with Crippen molar-refractivity contribution < 1.29 is 13.2 Å². The molecular weight excluding hydrogens is 323 g/mol. The van der Waals surface area contributed by atoms with E-state index in [2.05, 4.69) is 31.2 Å². The highest BCUT2D eigenvalue weighted by Crippen LogP contribution is 2.31. The molecule has 0 unspecified atom stereocenters. The van der Waals surface area contributed by atoms with E-state index in [1.54, 1.807) is 0 Å². The van der Waals surface area contributed by atoms with Crippen LogP contribution >= 0.6 is 15.9 Å². The first-order chi connectivity index (χ1) is 8.95. The van der Waals surface area contributed by atoms with Crippen LogP contribution in [0, 0.1) is 24.4 Å². The SMILES string of the molecule is CNc1nc(-c2ccc(F)c(F)c2Br)nc(C)c1F. The lowest BCUT2D eigenvalue weighted by atomic mass is 10.2. The van der Waals surface area contributed by atoms with Gasteiger partial charge < -0.3 is 5.32 Å². The second-order valence-corrected chi connectivity index (χ2v) is 4.56. The zero-order chi connectivity index (χ0) is 14.2. The third-order valence-electron chi connectivity index (χ3n) is 2.53. The molecule has 0 saturated carbocycles. The highest BCUT2D eigenvalue weighted by molar-refractivity contribution is 9.10. The zero-order valence-electron chi connectivity index (χ0n) is 10.1. The predicted octanol–water partition coefficient (Wildman–Crippen LogP) is 3.67. The molecule has 0 fully saturated rings. The van der Waals surface area contributed by atoms with Crippen LogP contribution in [0.3, 0.4) is 0 Å². The second kappa shape index (κ2) is 5.16. The standard InChI is InChI=1S/C12H9BrF3N3/c1-5-9(15)12(17-2)19-11(18-5)6-3-4-7(14)10(16)8(6)13/h3-4H,1-2H3,(H,17,18,19). The summed E-state index contributed by atoms with van der Waals surface area (Å²) in [6, 6.07) is 2.30. The number of anilines is 1. The van der Waals surface area contributed by atoms with Gasteiger partial charge in [0, 0.05) is 12.6 Å². The van der Waals surface area contributed by atoms with Crippen molar-refractivity contribution >= 4 is 21.7 Å². The van der Waals surface area contributed by atoms with Crippen LogP contribution < -0.4 is 5.32 Å². The predicted molar refractivity (Wildman–Crippen MR) is 69.3 cm³/mol. The van der Waals surface area contributed by atoms with Gasteiger partial charge in [-0.1, -0.05) is 0 Å². The lowest BCUT2D eigenvalue weighted by Gasteiger charge is -2.09. The largest absolute Gasteiger partial charge is 0.371 e. The van der Waals surface area contributed by atoms with Crippen molar-refractivity contribution in [3.63, 3.8) is 0 Å². The van der Waals surface area contributed by atoms with E-state index >= 15 is 0 Å². The molecule has 100 valence electrons. The molecule has 2 aromatic rings. The second-order valence-electron chi connectivity index (χ2n) is 3.77. The van der Waals surface area contributed by atoms with Crippen LogP contribution in [0.5, 0.6) is 0 Å². The molecule has 3 nitrogen and oxygen atoms in total. The summed E-state index contributed by atoms with van der Waals surface area (Å²) in [4.78, 5) is 7.88. The van der Waals surface area contributed by atoms with E-state index in [1.807, 2.05) is 0 Å². The van der Waals surface area contributed by atoms with E-state index in [-0.39, 0.29) is 27.4 Å². The van der Waals surface area contributed by atoms with Gasteiger partial charge in [-0.2, -0.15) is 0 Å². The Bertz CT molecular complexity index is 647. The van der Waals surface area contributed by atoms with Crippen LogP contribution in [0.2, 0.25) is 0 Å². The number of rotatable bonds is 2. The lowest BCUT2D eigenvalue weighted by Crippen LogP contribution is -2.04. The Balaban J connectivity index is 2.66. The highest BCUT2D eigenvalue weighted by Gasteiger charge is 2.17. The number of benzene rings is 1. The fourth-order valence-electron chi connectivity index (χ4n) is 1.54. The van der Waals surface area contributed by atoms with Crippen molar-refractivity contribution in [2.45, 2.75) is 6.92 Å². The van der Waals surface area contributed by atoms with E-state index in [0.29, 0.717) is 0 Å². The molecule has 1 aromatic carbocycles. The Morgan fingerprint density at radius 2 is 1.79 bits per heavy atom. The third-order valence-corrected chi connectivity index (χ3v) is 3.31. The maximum absolute atomic E-state index is 13.6. The van der Waals surface area contributed by atoms with Crippen LogP contribution in [0.25, 0.3) is 11.4 Å². The summed E-state index contributed by atoms with van der Waals surface area (Å²) in [7, 11) is 1.51. The lowest BCUT2D eigenvalue weighted by molar-refractivity contribution is 0.504. The first-order valence-corrected chi connectivity index (χ1v) is 6.10. The molecule has 0 aliphatic rings. The zero-order valence-corrected chi connectivity index (χ0v) is 11.6. The monoisotopic (exact) mass is 331 g/mol. The third kappa shape index (κ3) is 2.42. The summed E-state index contributed by atoms with van der Waals surface area (Å²) in [5, 5.41) is 2.58. The normalized spacial score (nSPS) is 10.6. The van der Waals surface area contributed by atoms with Crippen LogP contribution in [0.15, 0.2) is 16.6 Å². The van der Waals surface area contributed by atoms with Gasteiger partial charge in [-0.25, -0.2) is 23.1 Å². The van der Waals surface area contributed by atoms with Crippen molar-refractivity contribution in [2.24, 2.45) is 0 Å². The Morgan fingerprint density at radius 1 is 1.11 bits per heavy atom. The molecule has 1 aromatic heterocycles. The number of nitrogens with zero attached hydrogens (tertiary/aromatic N) is 2. The van der Waals surface area contributed by atoms with Gasteiger partial charge in [0.2, 0.25) is 0 Å². The van der Waals surface area contributed by atoms with Gasteiger partial charge in [-0.3, -0.25) is 0 Å². The number of hydrogen-bond donors (Lipinski definition) is 1. The van der Waals surface area contributed by atoms with E-state index in [0.717, 1.165) is 6.07 Å². The first kappa shape index (κ1) is 13.8. The van der Waals surface area contributed by atoms with Crippen LogP contribution in [0.1, 0.15) is 5.69 Å².